The number of nitrogens with one attached hydrogen (secondary N) is 1. The van der Waals surface area contributed by atoms with Gasteiger partial charge in [0.05, 0.1) is 17.9 Å². The minimum atomic E-state index is 0.160. The Hall–Kier alpha value is -1.50. The molecule has 0 saturated carbocycles. The Balaban J connectivity index is 1.80. The number of likely N-dealkylation sites (N-methyl/N-ethyl adjacent to an activating group) is 1. The lowest BCUT2D eigenvalue weighted by molar-refractivity contribution is 0.571. The summed E-state index contributed by atoms with van der Waals surface area (Å²) in [5.74, 6) is 0. The van der Waals surface area contributed by atoms with Crippen LogP contribution < -0.4 is 5.32 Å². The van der Waals surface area contributed by atoms with Crippen LogP contribution in [0.3, 0.4) is 0 Å². The highest BCUT2D eigenvalue weighted by molar-refractivity contribution is 9.10. The van der Waals surface area contributed by atoms with Crippen LogP contribution in [-0.4, -0.2) is 22.0 Å². The molecule has 2 heterocycles. The van der Waals surface area contributed by atoms with Gasteiger partial charge in [0, 0.05) is 21.2 Å². The van der Waals surface area contributed by atoms with Gasteiger partial charge >= 0.3 is 0 Å². The van der Waals surface area contributed by atoms with Gasteiger partial charge in [-0.25, -0.2) is 0 Å². The highest BCUT2D eigenvalue weighted by atomic mass is 79.9. The fraction of sp³-hybridized carbons (Fsp3) is 0.200. The molecular weight excluding hydrogens is 348 g/mol. The van der Waals surface area contributed by atoms with Crippen LogP contribution in [-0.2, 0) is 6.42 Å². The summed E-state index contributed by atoms with van der Waals surface area (Å²) in [5, 5.41) is 14.4. The van der Waals surface area contributed by atoms with Crippen molar-refractivity contribution in [2.45, 2.75) is 12.5 Å². The van der Waals surface area contributed by atoms with E-state index in [-0.39, 0.29) is 6.04 Å². The Bertz CT molecular complexity index is 707. The van der Waals surface area contributed by atoms with Crippen molar-refractivity contribution in [3.63, 3.8) is 0 Å². The lowest BCUT2D eigenvalue weighted by Crippen LogP contribution is -2.19. The highest BCUT2D eigenvalue weighted by Crippen LogP contribution is 2.24. The van der Waals surface area contributed by atoms with E-state index >= 15 is 0 Å². The summed E-state index contributed by atoms with van der Waals surface area (Å²) in [6, 6.07) is 12.3. The minimum absolute atomic E-state index is 0.160. The Kier molecular flexibility index (Phi) is 4.48. The molecule has 0 amide bonds. The largest absolute Gasteiger partial charge is 0.311 e. The van der Waals surface area contributed by atoms with Crippen LogP contribution in [0.4, 0.5) is 0 Å². The van der Waals surface area contributed by atoms with Crippen LogP contribution in [0, 0.1) is 0 Å². The average molecular weight is 363 g/mol. The maximum Gasteiger partial charge on any atom is 0.100 e. The van der Waals surface area contributed by atoms with Crippen molar-refractivity contribution in [3.8, 4) is 5.69 Å². The molecule has 3 aromatic rings. The van der Waals surface area contributed by atoms with Gasteiger partial charge in [-0.2, -0.15) is 15.0 Å². The number of rotatable bonds is 5. The van der Waals surface area contributed by atoms with E-state index in [1.807, 2.05) is 43.6 Å². The van der Waals surface area contributed by atoms with Crippen LogP contribution in [0.2, 0.25) is 0 Å². The molecule has 0 radical (unpaired) electrons. The first-order valence-electron chi connectivity index (χ1n) is 6.64. The summed E-state index contributed by atoms with van der Waals surface area (Å²) in [7, 11) is 1.95. The van der Waals surface area contributed by atoms with E-state index in [4.69, 9.17) is 0 Å². The number of hydrogen-bond acceptors (Lipinski definition) is 4. The van der Waals surface area contributed by atoms with Crippen molar-refractivity contribution in [3.05, 3.63) is 63.0 Å². The Morgan fingerprint density at radius 1 is 1.33 bits per heavy atom. The molecule has 1 unspecified atom stereocenters. The summed E-state index contributed by atoms with van der Waals surface area (Å²) in [4.78, 5) is 2.99. The monoisotopic (exact) mass is 362 g/mol. The third-order valence-corrected chi connectivity index (χ3v) is 4.95. The van der Waals surface area contributed by atoms with Gasteiger partial charge in [-0.15, -0.1) is 11.3 Å². The summed E-state index contributed by atoms with van der Waals surface area (Å²) in [6.45, 7) is 0. The van der Waals surface area contributed by atoms with E-state index in [2.05, 4.69) is 42.9 Å². The molecular formula is C15H15BrN4S. The second kappa shape index (κ2) is 6.51. The zero-order chi connectivity index (χ0) is 14.7. The van der Waals surface area contributed by atoms with Crippen molar-refractivity contribution in [2.24, 2.45) is 0 Å². The van der Waals surface area contributed by atoms with Gasteiger partial charge in [-0.3, -0.25) is 0 Å². The first kappa shape index (κ1) is 14.4. The molecule has 3 rings (SSSR count). The number of halogens is 1. The highest BCUT2D eigenvalue weighted by Gasteiger charge is 2.15. The molecule has 0 bridgehead atoms. The minimum Gasteiger partial charge on any atom is -0.311 e. The number of benzene rings is 1. The third kappa shape index (κ3) is 3.40. The molecule has 1 N–H and O–H groups in total. The quantitative estimate of drug-likeness (QED) is 0.753. The van der Waals surface area contributed by atoms with Crippen LogP contribution >= 0.6 is 27.3 Å². The van der Waals surface area contributed by atoms with Crippen LogP contribution in [0.5, 0.6) is 0 Å². The molecule has 0 aliphatic rings. The van der Waals surface area contributed by atoms with Gasteiger partial charge in [0.2, 0.25) is 0 Å². The summed E-state index contributed by atoms with van der Waals surface area (Å²) in [6.07, 6.45) is 2.73. The van der Waals surface area contributed by atoms with Gasteiger partial charge in [-0.05, 0) is 41.2 Å². The van der Waals surface area contributed by atoms with Gasteiger partial charge in [0.15, 0.2) is 0 Å². The predicted octanol–water partition coefficient (Wildman–Crippen LogP) is 3.59. The second-order valence-electron chi connectivity index (χ2n) is 4.67. The molecule has 1 aromatic carbocycles. The van der Waals surface area contributed by atoms with Crippen LogP contribution in [0.1, 0.15) is 16.6 Å². The lowest BCUT2D eigenvalue weighted by atomic mass is 10.1. The zero-order valence-electron chi connectivity index (χ0n) is 11.5. The van der Waals surface area contributed by atoms with E-state index in [1.54, 1.807) is 16.1 Å². The third-order valence-electron chi connectivity index (χ3n) is 3.23. The molecule has 0 fully saturated rings. The van der Waals surface area contributed by atoms with Gasteiger partial charge in [-0.1, -0.05) is 18.2 Å². The molecule has 6 heteroatoms. The lowest BCUT2D eigenvalue weighted by Gasteiger charge is -2.11. The van der Waals surface area contributed by atoms with E-state index in [1.165, 1.54) is 4.88 Å². The average Bonchev–Trinajstić information content (AvgIpc) is 3.15. The fourth-order valence-corrected chi connectivity index (χ4v) is 3.63. The van der Waals surface area contributed by atoms with E-state index in [9.17, 15) is 0 Å². The van der Waals surface area contributed by atoms with Crippen LogP contribution in [0.25, 0.3) is 5.69 Å². The summed E-state index contributed by atoms with van der Waals surface area (Å²) in [5.41, 5.74) is 1.92. The number of hydrogen-bond donors (Lipinski definition) is 1. The van der Waals surface area contributed by atoms with Crippen molar-refractivity contribution in [1.82, 2.24) is 20.3 Å². The zero-order valence-corrected chi connectivity index (χ0v) is 13.9. The normalized spacial score (nSPS) is 12.5. The number of thiophene rings is 1. The second-order valence-corrected chi connectivity index (χ2v) is 6.58. The molecule has 21 heavy (non-hydrogen) atoms. The molecule has 108 valence electrons. The van der Waals surface area contributed by atoms with Crippen molar-refractivity contribution < 1.29 is 0 Å². The number of nitrogens with zero attached hydrogens (tertiary/aromatic N) is 3. The fourth-order valence-electron chi connectivity index (χ4n) is 2.14. The Morgan fingerprint density at radius 2 is 2.14 bits per heavy atom. The molecule has 0 saturated heterocycles. The summed E-state index contributed by atoms with van der Waals surface area (Å²) < 4.78 is 1.13. The number of aromatic nitrogens is 3. The first-order chi connectivity index (χ1) is 10.3. The molecule has 0 aliphatic carbocycles. The topological polar surface area (TPSA) is 42.7 Å². The Labute approximate surface area is 135 Å². The van der Waals surface area contributed by atoms with Crippen molar-refractivity contribution in [1.29, 1.82) is 0 Å². The Morgan fingerprint density at radius 3 is 2.81 bits per heavy atom. The maximum atomic E-state index is 4.59. The maximum absolute atomic E-state index is 4.59. The first-order valence-corrected chi connectivity index (χ1v) is 8.31. The predicted molar refractivity (Wildman–Crippen MR) is 88.9 cm³/mol. The van der Waals surface area contributed by atoms with E-state index in [0.717, 1.165) is 22.3 Å². The molecule has 1 atom stereocenters. The number of para-hydroxylation sites is 1. The molecule has 2 aromatic heterocycles. The van der Waals surface area contributed by atoms with E-state index < -0.39 is 0 Å². The van der Waals surface area contributed by atoms with Crippen LogP contribution in [0.15, 0.2) is 52.4 Å². The van der Waals surface area contributed by atoms with E-state index in [0.29, 0.717) is 0 Å². The smallest absolute Gasteiger partial charge is 0.100 e. The molecule has 0 spiro atoms. The molecule has 4 nitrogen and oxygen atoms in total. The summed E-state index contributed by atoms with van der Waals surface area (Å²) >= 11 is 5.24. The van der Waals surface area contributed by atoms with Gasteiger partial charge in [0.1, 0.15) is 5.69 Å². The SMILES string of the molecule is CNC(Cc1cc(Br)cs1)c1cnn(-c2ccccc2)n1. The molecule has 0 aliphatic heterocycles. The van der Waals surface area contributed by atoms with Gasteiger partial charge < -0.3 is 5.32 Å². The van der Waals surface area contributed by atoms with Crippen molar-refractivity contribution >= 4 is 27.3 Å². The standard InChI is InChI=1S/C15H15BrN4S/c1-17-14(8-13-7-11(16)10-21-13)15-9-18-20(19-15)12-5-3-2-4-6-12/h2-7,9-10,14,17H,8H2,1H3. The van der Waals surface area contributed by atoms with Crippen molar-refractivity contribution in [2.75, 3.05) is 7.05 Å². The van der Waals surface area contributed by atoms with Gasteiger partial charge in [0.25, 0.3) is 0 Å².